The predicted molar refractivity (Wildman–Crippen MR) is 64.7 cm³/mol. The molecule has 0 unspecified atom stereocenters. The molecular weight excluding hydrogens is 252 g/mol. The molecule has 0 amide bonds. The Balaban J connectivity index is 2.50. The Bertz CT molecular complexity index is 534. The Labute approximate surface area is 97.0 Å². The molecule has 2 rings (SSSR count). The molecule has 1 N–H and O–H groups in total. The fourth-order valence-corrected chi connectivity index (χ4v) is 2.15. The van der Waals surface area contributed by atoms with Crippen molar-refractivity contribution in [1.29, 1.82) is 5.26 Å². The van der Waals surface area contributed by atoms with E-state index in [1.807, 2.05) is 6.07 Å². The molecule has 0 aliphatic rings. The van der Waals surface area contributed by atoms with Crippen LogP contribution in [0.3, 0.4) is 0 Å². The molecular formula is C12H11BrN2. The topological polar surface area (TPSA) is 39.6 Å². The van der Waals surface area contributed by atoms with Gasteiger partial charge in [0.25, 0.3) is 0 Å². The number of halogens is 1. The van der Waals surface area contributed by atoms with Crippen molar-refractivity contribution in [2.45, 2.75) is 19.8 Å². The van der Waals surface area contributed by atoms with Gasteiger partial charge in [-0.1, -0.05) is 15.9 Å². The summed E-state index contributed by atoms with van der Waals surface area (Å²) in [7, 11) is 0. The van der Waals surface area contributed by atoms with Gasteiger partial charge in [-0.25, -0.2) is 0 Å². The Hall–Kier alpha value is -1.27. The van der Waals surface area contributed by atoms with Crippen molar-refractivity contribution < 1.29 is 0 Å². The van der Waals surface area contributed by atoms with Crippen LogP contribution >= 0.6 is 15.9 Å². The van der Waals surface area contributed by atoms with Crippen LogP contribution < -0.4 is 0 Å². The fourth-order valence-electron chi connectivity index (χ4n) is 1.79. The number of hydrogen-bond acceptors (Lipinski definition) is 1. The normalized spacial score (nSPS) is 10.5. The summed E-state index contributed by atoms with van der Waals surface area (Å²) in [6, 6.07) is 8.36. The lowest BCUT2D eigenvalue weighted by Gasteiger charge is -1.94. The molecule has 2 nitrogen and oxygen atoms in total. The number of fused-ring (bicyclic) bond motifs is 1. The first-order valence-corrected chi connectivity index (χ1v) is 5.65. The van der Waals surface area contributed by atoms with E-state index in [-0.39, 0.29) is 0 Å². The molecule has 0 saturated carbocycles. The second-order valence-electron chi connectivity index (χ2n) is 3.58. The highest BCUT2D eigenvalue weighted by Gasteiger charge is 2.06. The van der Waals surface area contributed by atoms with Crippen LogP contribution in [-0.4, -0.2) is 4.98 Å². The van der Waals surface area contributed by atoms with Gasteiger partial charge in [-0.15, -0.1) is 0 Å². The maximum absolute atomic E-state index is 8.57. The number of nitrogens with one attached hydrogen (secondary N) is 1. The number of aromatic amines is 1. The maximum atomic E-state index is 8.57. The van der Waals surface area contributed by atoms with Gasteiger partial charge in [-0.3, -0.25) is 0 Å². The summed E-state index contributed by atoms with van der Waals surface area (Å²) < 4.78 is 1.09. The van der Waals surface area contributed by atoms with Crippen molar-refractivity contribution in [3.63, 3.8) is 0 Å². The van der Waals surface area contributed by atoms with Crippen LogP contribution in [0, 0.1) is 18.3 Å². The number of nitrogens with zero attached hydrogens (tertiary/aromatic N) is 1. The summed E-state index contributed by atoms with van der Waals surface area (Å²) in [5.74, 6) is 0. The summed E-state index contributed by atoms with van der Waals surface area (Å²) in [5, 5.41) is 9.80. The van der Waals surface area contributed by atoms with Crippen LogP contribution in [-0.2, 0) is 6.42 Å². The number of rotatable bonds is 2. The molecule has 76 valence electrons. The third-order valence-electron chi connectivity index (χ3n) is 2.61. The van der Waals surface area contributed by atoms with Gasteiger partial charge in [-0.05, 0) is 30.7 Å². The average Bonchev–Trinajstić information content (AvgIpc) is 2.53. The summed E-state index contributed by atoms with van der Waals surface area (Å²) in [4.78, 5) is 3.35. The van der Waals surface area contributed by atoms with E-state index in [2.05, 4.69) is 46.0 Å². The maximum Gasteiger partial charge on any atom is 0.0625 e. The molecule has 1 heterocycles. The van der Waals surface area contributed by atoms with Gasteiger partial charge in [0.15, 0.2) is 0 Å². The molecule has 0 aliphatic heterocycles. The number of aromatic nitrogens is 1. The van der Waals surface area contributed by atoms with Crippen molar-refractivity contribution in [3.8, 4) is 6.07 Å². The Kier molecular flexibility index (Phi) is 2.79. The summed E-state index contributed by atoms with van der Waals surface area (Å²) >= 11 is 3.46. The Morgan fingerprint density at radius 2 is 2.27 bits per heavy atom. The van der Waals surface area contributed by atoms with E-state index in [4.69, 9.17) is 5.26 Å². The molecule has 15 heavy (non-hydrogen) atoms. The molecule has 1 aromatic carbocycles. The van der Waals surface area contributed by atoms with Gasteiger partial charge in [0, 0.05) is 33.9 Å². The van der Waals surface area contributed by atoms with Crippen LogP contribution in [0.15, 0.2) is 22.7 Å². The third-order valence-corrected chi connectivity index (χ3v) is 3.10. The minimum Gasteiger partial charge on any atom is -0.358 e. The highest BCUT2D eigenvalue weighted by molar-refractivity contribution is 9.10. The van der Waals surface area contributed by atoms with E-state index in [9.17, 15) is 0 Å². The molecule has 0 aliphatic carbocycles. The molecule has 3 heteroatoms. The van der Waals surface area contributed by atoms with Crippen molar-refractivity contribution in [1.82, 2.24) is 4.98 Å². The summed E-state index contributed by atoms with van der Waals surface area (Å²) in [5.41, 5.74) is 3.56. The van der Waals surface area contributed by atoms with Crippen molar-refractivity contribution in [2.24, 2.45) is 0 Å². The zero-order valence-electron chi connectivity index (χ0n) is 8.47. The quantitative estimate of drug-likeness (QED) is 0.881. The largest absolute Gasteiger partial charge is 0.358 e. The lowest BCUT2D eigenvalue weighted by molar-refractivity contribution is 0.961. The highest BCUT2D eigenvalue weighted by atomic mass is 79.9. The number of hydrogen-bond donors (Lipinski definition) is 1. The van der Waals surface area contributed by atoms with Crippen LogP contribution in [0.5, 0.6) is 0 Å². The zero-order chi connectivity index (χ0) is 10.8. The van der Waals surface area contributed by atoms with E-state index >= 15 is 0 Å². The van der Waals surface area contributed by atoms with Gasteiger partial charge in [0.1, 0.15) is 0 Å². The van der Waals surface area contributed by atoms with E-state index in [1.165, 1.54) is 16.6 Å². The fraction of sp³-hybridized carbons (Fsp3) is 0.250. The highest BCUT2D eigenvalue weighted by Crippen LogP contribution is 2.25. The first kappa shape index (κ1) is 10.3. The van der Waals surface area contributed by atoms with E-state index < -0.39 is 0 Å². The Morgan fingerprint density at radius 3 is 3.00 bits per heavy atom. The zero-order valence-corrected chi connectivity index (χ0v) is 10.1. The molecule has 0 bridgehead atoms. The van der Waals surface area contributed by atoms with E-state index in [0.29, 0.717) is 6.42 Å². The van der Waals surface area contributed by atoms with Crippen molar-refractivity contribution in [2.75, 3.05) is 0 Å². The lowest BCUT2D eigenvalue weighted by atomic mass is 10.1. The van der Waals surface area contributed by atoms with Gasteiger partial charge in [0.2, 0.25) is 0 Å². The van der Waals surface area contributed by atoms with Crippen molar-refractivity contribution >= 4 is 26.8 Å². The van der Waals surface area contributed by atoms with Gasteiger partial charge >= 0.3 is 0 Å². The third kappa shape index (κ3) is 1.91. The van der Waals surface area contributed by atoms with Crippen LogP contribution in [0.25, 0.3) is 10.9 Å². The Morgan fingerprint density at radius 1 is 1.47 bits per heavy atom. The van der Waals surface area contributed by atoms with E-state index in [1.54, 1.807) is 0 Å². The summed E-state index contributed by atoms with van der Waals surface area (Å²) in [6.07, 6.45) is 1.36. The predicted octanol–water partition coefficient (Wildman–Crippen LogP) is 3.70. The average molecular weight is 263 g/mol. The molecule has 0 atom stereocenters. The molecule has 2 aromatic rings. The molecule has 0 fully saturated rings. The molecule has 0 spiro atoms. The first-order chi connectivity index (χ1) is 7.22. The van der Waals surface area contributed by atoms with Crippen LogP contribution in [0.2, 0.25) is 0 Å². The standard InChI is InChI=1S/C12H11BrN2/c1-8-10-7-9(13)4-5-12(10)15-11(8)3-2-6-14/h4-5,7,15H,2-3H2,1H3. The second-order valence-corrected chi connectivity index (χ2v) is 4.49. The van der Waals surface area contributed by atoms with Crippen LogP contribution in [0.4, 0.5) is 0 Å². The minimum absolute atomic E-state index is 0.564. The molecule has 1 aromatic heterocycles. The van der Waals surface area contributed by atoms with Gasteiger partial charge in [-0.2, -0.15) is 5.26 Å². The number of nitriles is 1. The second kappa shape index (κ2) is 4.08. The van der Waals surface area contributed by atoms with Crippen molar-refractivity contribution in [3.05, 3.63) is 33.9 Å². The monoisotopic (exact) mass is 262 g/mol. The van der Waals surface area contributed by atoms with Crippen LogP contribution in [0.1, 0.15) is 17.7 Å². The first-order valence-electron chi connectivity index (χ1n) is 4.86. The minimum atomic E-state index is 0.564. The summed E-state index contributed by atoms with van der Waals surface area (Å²) in [6.45, 7) is 2.10. The number of H-pyrrole nitrogens is 1. The molecule has 0 radical (unpaired) electrons. The number of benzene rings is 1. The van der Waals surface area contributed by atoms with E-state index in [0.717, 1.165) is 16.4 Å². The van der Waals surface area contributed by atoms with Gasteiger partial charge in [0.05, 0.1) is 6.07 Å². The lowest BCUT2D eigenvalue weighted by Crippen LogP contribution is -1.85. The SMILES string of the molecule is Cc1c(CCC#N)[nH]c2ccc(Br)cc12. The number of aryl methyl sites for hydroxylation is 2. The molecule has 0 saturated heterocycles. The van der Waals surface area contributed by atoms with Gasteiger partial charge < -0.3 is 4.98 Å². The smallest absolute Gasteiger partial charge is 0.0625 e.